The molecule has 0 aliphatic rings. The van der Waals surface area contributed by atoms with Gasteiger partial charge in [-0.3, -0.25) is 9.59 Å². The molecule has 0 radical (unpaired) electrons. The van der Waals surface area contributed by atoms with Crippen molar-refractivity contribution in [2.45, 2.75) is 11.3 Å². The van der Waals surface area contributed by atoms with Crippen LogP contribution in [0.1, 0.15) is 6.42 Å². The van der Waals surface area contributed by atoms with Crippen LogP contribution in [-0.4, -0.2) is 52.4 Å². The summed E-state index contributed by atoms with van der Waals surface area (Å²) in [6, 6.07) is 13.1. The number of rotatable bonds is 9. The van der Waals surface area contributed by atoms with Crippen molar-refractivity contribution >= 4 is 43.5 Å². The Balaban J connectivity index is 1.81. The molecular weight excluding hydrogens is 462 g/mol. The molecule has 0 saturated heterocycles. The third-order valence-corrected chi connectivity index (χ3v) is 5.85. The van der Waals surface area contributed by atoms with Gasteiger partial charge >= 0.3 is 0 Å². The number of halogens is 1. The minimum atomic E-state index is -3.72. The number of carbonyl (C=O) groups excluding carboxylic acids is 2. The first kappa shape index (κ1) is 22.9. The Morgan fingerprint density at radius 3 is 2.55 bits per heavy atom. The molecule has 0 bridgehead atoms. The van der Waals surface area contributed by atoms with Crippen molar-refractivity contribution in [2.24, 2.45) is 0 Å². The zero-order valence-electron chi connectivity index (χ0n) is 16.0. The number of nitrogens with one attached hydrogen (secondary N) is 2. The van der Waals surface area contributed by atoms with Gasteiger partial charge in [-0.05, 0) is 30.3 Å². The van der Waals surface area contributed by atoms with Crippen LogP contribution in [0.5, 0.6) is 5.75 Å². The predicted molar refractivity (Wildman–Crippen MR) is 113 cm³/mol. The van der Waals surface area contributed by atoms with E-state index >= 15 is 0 Å². The molecule has 0 saturated carbocycles. The molecule has 0 unspecified atom stereocenters. The molecule has 0 aliphatic carbocycles. The maximum absolute atomic E-state index is 12.2. The van der Waals surface area contributed by atoms with Gasteiger partial charge in [0.15, 0.2) is 0 Å². The lowest BCUT2D eigenvalue weighted by molar-refractivity contribution is -0.133. The van der Waals surface area contributed by atoms with Gasteiger partial charge in [0.25, 0.3) is 0 Å². The highest BCUT2D eigenvalue weighted by atomic mass is 79.9. The first-order valence-electron chi connectivity index (χ1n) is 8.64. The highest BCUT2D eigenvalue weighted by Gasteiger charge is 2.17. The van der Waals surface area contributed by atoms with Crippen LogP contribution in [0, 0.1) is 0 Å². The summed E-state index contributed by atoms with van der Waals surface area (Å²) in [4.78, 5) is 25.6. The van der Waals surface area contributed by atoms with E-state index in [2.05, 4.69) is 26.0 Å². The van der Waals surface area contributed by atoms with E-state index in [1.807, 2.05) is 0 Å². The van der Waals surface area contributed by atoms with Crippen LogP contribution >= 0.6 is 15.9 Å². The van der Waals surface area contributed by atoms with Crippen molar-refractivity contribution in [2.75, 3.05) is 32.6 Å². The quantitative estimate of drug-likeness (QED) is 0.568. The van der Waals surface area contributed by atoms with Gasteiger partial charge in [-0.1, -0.05) is 28.1 Å². The molecule has 2 rings (SSSR count). The van der Waals surface area contributed by atoms with Crippen LogP contribution in [0.2, 0.25) is 0 Å². The Labute approximate surface area is 178 Å². The first-order valence-corrected chi connectivity index (χ1v) is 10.9. The van der Waals surface area contributed by atoms with Gasteiger partial charge in [-0.2, -0.15) is 0 Å². The Hall–Kier alpha value is -2.43. The van der Waals surface area contributed by atoms with Crippen molar-refractivity contribution < 1.29 is 22.7 Å². The van der Waals surface area contributed by atoms with Crippen molar-refractivity contribution in [1.82, 2.24) is 9.62 Å². The first-order chi connectivity index (χ1) is 13.7. The van der Waals surface area contributed by atoms with E-state index in [9.17, 15) is 18.0 Å². The topological polar surface area (TPSA) is 105 Å². The SMILES string of the molecule is COc1cccc(NC(=O)CN(C)C(=O)CCNS(=O)(=O)c2cccc(Br)c2)c1. The highest BCUT2D eigenvalue weighted by Crippen LogP contribution is 2.17. The molecule has 0 fully saturated rings. The Bertz CT molecular complexity index is 981. The molecule has 2 amide bonds. The van der Waals surface area contributed by atoms with Gasteiger partial charge in [0.05, 0.1) is 18.6 Å². The number of anilines is 1. The summed E-state index contributed by atoms with van der Waals surface area (Å²) < 4.78 is 32.6. The molecule has 2 aromatic carbocycles. The van der Waals surface area contributed by atoms with Gasteiger partial charge in [-0.25, -0.2) is 13.1 Å². The standard InChI is InChI=1S/C19H22BrN3O5S/c1-23(13-18(24)22-15-6-4-7-16(12-15)28-2)19(25)9-10-21-29(26,27)17-8-3-5-14(20)11-17/h3-8,11-12,21H,9-10,13H2,1-2H3,(H,22,24). The number of likely N-dealkylation sites (N-methyl/N-ethyl adjacent to an activating group) is 1. The second kappa shape index (κ2) is 10.4. The lowest BCUT2D eigenvalue weighted by Gasteiger charge is -2.17. The van der Waals surface area contributed by atoms with E-state index in [0.717, 1.165) is 0 Å². The molecular formula is C19H22BrN3O5S. The summed E-state index contributed by atoms with van der Waals surface area (Å²) in [5.74, 6) is -0.128. The second-order valence-corrected chi connectivity index (χ2v) is 8.82. The van der Waals surface area contributed by atoms with Crippen molar-refractivity contribution in [3.05, 3.63) is 53.0 Å². The largest absolute Gasteiger partial charge is 0.497 e. The van der Waals surface area contributed by atoms with Crippen LogP contribution in [0.3, 0.4) is 0 Å². The number of benzene rings is 2. The second-order valence-electron chi connectivity index (χ2n) is 6.14. The molecule has 8 nitrogen and oxygen atoms in total. The van der Waals surface area contributed by atoms with Crippen molar-refractivity contribution in [3.8, 4) is 5.75 Å². The zero-order valence-corrected chi connectivity index (χ0v) is 18.4. The van der Waals surface area contributed by atoms with E-state index in [-0.39, 0.29) is 36.2 Å². The van der Waals surface area contributed by atoms with E-state index in [4.69, 9.17) is 4.74 Å². The molecule has 0 atom stereocenters. The minimum Gasteiger partial charge on any atom is -0.497 e. The lowest BCUT2D eigenvalue weighted by Crippen LogP contribution is -2.37. The Morgan fingerprint density at radius 1 is 1.14 bits per heavy atom. The molecule has 156 valence electrons. The summed E-state index contributed by atoms with van der Waals surface area (Å²) in [7, 11) is -0.708. The number of hydrogen-bond acceptors (Lipinski definition) is 5. The lowest BCUT2D eigenvalue weighted by atomic mass is 10.3. The maximum atomic E-state index is 12.2. The van der Waals surface area contributed by atoms with Gasteiger partial charge in [0.1, 0.15) is 5.75 Å². The summed E-state index contributed by atoms with van der Waals surface area (Å²) in [6.07, 6.45) is -0.0732. The fourth-order valence-electron chi connectivity index (χ4n) is 2.41. The zero-order chi connectivity index (χ0) is 21.4. The minimum absolute atomic E-state index is 0.0732. The predicted octanol–water partition coefficient (Wildman–Crippen LogP) is 2.22. The number of hydrogen-bond donors (Lipinski definition) is 2. The number of sulfonamides is 1. The van der Waals surface area contributed by atoms with Crippen LogP contribution in [0.25, 0.3) is 0 Å². The summed E-state index contributed by atoms with van der Waals surface area (Å²) in [5.41, 5.74) is 0.553. The van der Waals surface area contributed by atoms with Crippen molar-refractivity contribution in [1.29, 1.82) is 0 Å². The van der Waals surface area contributed by atoms with Crippen molar-refractivity contribution in [3.63, 3.8) is 0 Å². The number of amides is 2. The van der Waals surface area contributed by atoms with Gasteiger partial charge in [-0.15, -0.1) is 0 Å². The smallest absolute Gasteiger partial charge is 0.243 e. The monoisotopic (exact) mass is 483 g/mol. The summed E-state index contributed by atoms with van der Waals surface area (Å²) in [6.45, 7) is -0.232. The average Bonchev–Trinajstić information content (AvgIpc) is 2.67. The number of carbonyl (C=O) groups is 2. The van der Waals surface area contributed by atoms with Crippen LogP contribution < -0.4 is 14.8 Å². The molecule has 0 spiro atoms. The van der Waals surface area contributed by atoms with Crippen LogP contribution in [0.4, 0.5) is 5.69 Å². The van der Waals surface area contributed by atoms with Crippen LogP contribution in [0.15, 0.2) is 57.9 Å². The Morgan fingerprint density at radius 2 is 1.86 bits per heavy atom. The fraction of sp³-hybridized carbons (Fsp3) is 0.263. The summed E-state index contributed by atoms with van der Waals surface area (Å²) in [5, 5.41) is 2.68. The third kappa shape index (κ3) is 7.15. The fourth-order valence-corrected chi connectivity index (χ4v) is 4.03. The third-order valence-electron chi connectivity index (χ3n) is 3.90. The molecule has 29 heavy (non-hydrogen) atoms. The maximum Gasteiger partial charge on any atom is 0.243 e. The van der Waals surface area contributed by atoms with E-state index < -0.39 is 10.0 Å². The number of ether oxygens (including phenoxy) is 1. The molecule has 0 aliphatic heterocycles. The van der Waals surface area contributed by atoms with E-state index in [1.165, 1.54) is 31.2 Å². The molecule has 2 aromatic rings. The molecule has 2 N–H and O–H groups in total. The number of methoxy groups -OCH3 is 1. The normalized spacial score (nSPS) is 11.0. The van der Waals surface area contributed by atoms with Crippen LogP contribution in [-0.2, 0) is 19.6 Å². The molecule has 0 aromatic heterocycles. The highest BCUT2D eigenvalue weighted by molar-refractivity contribution is 9.10. The van der Waals surface area contributed by atoms with Gasteiger partial charge in [0, 0.05) is 36.2 Å². The Kier molecular flexibility index (Phi) is 8.18. The summed E-state index contributed by atoms with van der Waals surface area (Å²) >= 11 is 3.22. The van der Waals surface area contributed by atoms with Gasteiger partial charge < -0.3 is 15.0 Å². The molecule has 10 heteroatoms. The van der Waals surface area contributed by atoms with E-state index in [1.54, 1.807) is 36.4 Å². The van der Waals surface area contributed by atoms with Gasteiger partial charge in [0.2, 0.25) is 21.8 Å². The molecule has 0 heterocycles. The average molecular weight is 484 g/mol. The number of nitrogens with zero attached hydrogens (tertiary/aromatic N) is 1. The van der Waals surface area contributed by atoms with E-state index in [0.29, 0.717) is 15.9 Å².